The van der Waals surface area contributed by atoms with Gasteiger partial charge in [-0.2, -0.15) is 0 Å². The molecule has 0 aromatic heterocycles. The van der Waals surface area contributed by atoms with Gasteiger partial charge in [-0.1, -0.05) is 39.7 Å². The van der Waals surface area contributed by atoms with Crippen LogP contribution in [0.5, 0.6) is 0 Å². The molecule has 1 aliphatic heterocycles. The zero-order valence-electron chi connectivity index (χ0n) is 12.0. The van der Waals surface area contributed by atoms with Crippen LogP contribution in [0.25, 0.3) is 0 Å². The highest BCUT2D eigenvalue weighted by Gasteiger charge is 2.29. The number of carbonyl (C=O) groups excluding carboxylic acids is 1. The summed E-state index contributed by atoms with van der Waals surface area (Å²) in [7, 11) is 0. The molecule has 1 aromatic carbocycles. The first-order chi connectivity index (χ1) is 9.50. The second kappa shape index (κ2) is 6.55. The molecular weight excluding hydrogens is 316 g/mol. The predicted molar refractivity (Wildman–Crippen MR) is 85.7 cm³/mol. The maximum atomic E-state index is 12.4. The zero-order chi connectivity index (χ0) is 14.6. The molecule has 2 N–H and O–H groups in total. The monoisotopic (exact) mass is 336 g/mol. The Morgan fingerprint density at radius 3 is 2.90 bits per heavy atom. The summed E-state index contributed by atoms with van der Waals surface area (Å²) in [6, 6.07) is 7.93. The van der Waals surface area contributed by atoms with Gasteiger partial charge in [-0.3, -0.25) is 4.79 Å². The highest BCUT2D eigenvalue weighted by atomic mass is 79.9. The summed E-state index contributed by atoms with van der Waals surface area (Å²) < 4.78 is 0.997. The topological polar surface area (TPSA) is 41.1 Å². The maximum Gasteiger partial charge on any atom is 0.230 e. The summed E-state index contributed by atoms with van der Waals surface area (Å²) in [6.07, 6.45) is 3.17. The van der Waals surface area contributed by atoms with Crippen LogP contribution in [0.15, 0.2) is 40.4 Å². The van der Waals surface area contributed by atoms with Gasteiger partial charge in [0.2, 0.25) is 5.91 Å². The van der Waals surface area contributed by atoms with E-state index in [9.17, 15) is 4.79 Å². The molecule has 1 heterocycles. The Kier molecular flexibility index (Phi) is 5.00. The third-order valence-corrected chi connectivity index (χ3v) is 4.24. The van der Waals surface area contributed by atoms with Crippen molar-refractivity contribution < 1.29 is 4.79 Å². The van der Waals surface area contributed by atoms with Crippen LogP contribution in [0.1, 0.15) is 25.8 Å². The predicted octanol–water partition coefficient (Wildman–Crippen LogP) is 2.76. The molecule has 4 heteroatoms. The van der Waals surface area contributed by atoms with Gasteiger partial charge in [0.25, 0.3) is 0 Å². The quantitative estimate of drug-likeness (QED) is 0.830. The van der Waals surface area contributed by atoms with Crippen LogP contribution in [0, 0.1) is 0 Å². The average molecular weight is 337 g/mol. The van der Waals surface area contributed by atoms with E-state index < -0.39 is 5.41 Å². The van der Waals surface area contributed by atoms with Gasteiger partial charge in [0.15, 0.2) is 0 Å². The molecular formula is C16H21BrN2O. The first kappa shape index (κ1) is 15.3. The van der Waals surface area contributed by atoms with Crippen LogP contribution in [0.2, 0.25) is 0 Å². The Balaban J connectivity index is 2.01. The lowest BCUT2D eigenvalue weighted by molar-refractivity contribution is -0.125. The van der Waals surface area contributed by atoms with Crippen molar-refractivity contribution in [2.75, 3.05) is 19.6 Å². The van der Waals surface area contributed by atoms with E-state index in [1.807, 2.05) is 38.1 Å². The summed E-state index contributed by atoms with van der Waals surface area (Å²) in [6.45, 7) is 6.47. The number of rotatable bonds is 4. The van der Waals surface area contributed by atoms with Gasteiger partial charge in [0, 0.05) is 17.6 Å². The fourth-order valence-electron chi connectivity index (χ4n) is 2.25. The van der Waals surface area contributed by atoms with Crippen LogP contribution >= 0.6 is 15.9 Å². The Labute approximate surface area is 129 Å². The van der Waals surface area contributed by atoms with Crippen LogP contribution in [0.3, 0.4) is 0 Å². The molecule has 0 fully saturated rings. The van der Waals surface area contributed by atoms with Crippen molar-refractivity contribution in [3.8, 4) is 0 Å². The molecule has 3 nitrogen and oxygen atoms in total. The van der Waals surface area contributed by atoms with Crippen LogP contribution in [-0.2, 0) is 10.2 Å². The second-order valence-corrected chi connectivity index (χ2v) is 6.55. The van der Waals surface area contributed by atoms with E-state index in [4.69, 9.17) is 0 Å². The van der Waals surface area contributed by atoms with E-state index in [-0.39, 0.29) is 5.91 Å². The van der Waals surface area contributed by atoms with Gasteiger partial charge in [-0.15, -0.1) is 0 Å². The first-order valence-electron chi connectivity index (χ1n) is 6.93. The lowest BCUT2D eigenvalue weighted by atomic mass is 9.83. The van der Waals surface area contributed by atoms with Crippen molar-refractivity contribution >= 4 is 21.8 Å². The summed E-state index contributed by atoms with van der Waals surface area (Å²) in [5, 5.41) is 6.33. The third-order valence-electron chi connectivity index (χ3n) is 3.75. The number of carbonyl (C=O) groups is 1. The van der Waals surface area contributed by atoms with Gasteiger partial charge in [0.05, 0.1) is 5.41 Å². The van der Waals surface area contributed by atoms with E-state index >= 15 is 0 Å². The third kappa shape index (κ3) is 3.70. The number of halogens is 1. The van der Waals surface area contributed by atoms with Crippen LogP contribution in [-0.4, -0.2) is 25.5 Å². The van der Waals surface area contributed by atoms with Crippen molar-refractivity contribution in [2.45, 2.75) is 25.7 Å². The van der Waals surface area contributed by atoms with Crippen molar-refractivity contribution in [1.82, 2.24) is 10.6 Å². The number of nitrogens with one attached hydrogen (secondary N) is 2. The van der Waals surface area contributed by atoms with E-state index in [0.717, 1.165) is 29.5 Å². The highest BCUT2D eigenvalue weighted by molar-refractivity contribution is 9.10. The molecule has 0 radical (unpaired) electrons. The zero-order valence-corrected chi connectivity index (χ0v) is 13.6. The Bertz CT molecular complexity index is 523. The SMILES string of the molecule is CC(C)(C(=O)NCC1=CCNCC1)c1cccc(Br)c1. The summed E-state index contributed by atoms with van der Waals surface area (Å²) >= 11 is 3.46. The van der Waals surface area contributed by atoms with Gasteiger partial charge >= 0.3 is 0 Å². The Morgan fingerprint density at radius 2 is 2.25 bits per heavy atom. The fourth-order valence-corrected chi connectivity index (χ4v) is 2.65. The summed E-state index contributed by atoms with van der Waals surface area (Å²) in [5.74, 6) is 0.0648. The molecule has 1 aromatic rings. The smallest absolute Gasteiger partial charge is 0.230 e. The van der Waals surface area contributed by atoms with Crippen molar-refractivity contribution in [3.63, 3.8) is 0 Å². The Morgan fingerprint density at radius 1 is 1.45 bits per heavy atom. The van der Waals surface area contributed by atoms with Gasteiger partial charge in [-0.25, -0.2) is 0 Å². The molecule has 108 valence electrons. The molecule has 0 bridgehead atoms. The molecule has 2 rings (SSSR count). The van der Waals surface area contributed by atoms with E-state index in [0.29, 0.717) is 6.54 Å². The number of hydrogen-bond donors (Lipinski definition) is 2. The molecule has 0 aliphatic carbocycles. The minimum absolute atomic E-state index is 0.0648. The molecule has 0 spiro atoms. The van der Waals surface area contributed by atoms with Crippen molar-refractivity contribution in [2.24, 2.45) is 0 Å². The molecule has 1 amide bonds. The number of benzene rings is 1. The molecule has 0 saturated carbocycles. The lowest BCUT2D eigenvalue weighted by Gasteiger charge is -2.25. The number of amides is 1. The molecule has 0 saturated heterocycles. The molecule has 0 atom stereocenters. The lowest BCUT2D eigenvalue weighted by Crippen LogP contribution is -2.41. The van der Waals surface area contributed by atoms with Crippen LogP contribution < -0.4 is 10.6 Å². The maximum absolute atomic E-state index is 12.4. The van der Waals surface area contributed by atoms with Crippen molar-refractivity contribution in [3.05, 3.63) is 46.0 Å². The molecule has 20 heavy (non-hydrogen) atoms. The highest BCUT2D eigenvalue weighted by Crippen LogP contribution is 2.26. The fraction of sp³-hybridized carbons (Fsp3) is 0.438. The standard InChI is InChI=1S/C16H21BrN2O/c1-16(2,13-4-3-5-14(17)10-13)15(20)19-11-12-6-8-18-9-7-12/h3-6,10,18H,7-9,11H2,1-2H3,(H,19,20). The van der Waals surface area contributed by atoms with E-state index in [2.05, 4.69) is 32.6 Å². The van der Waals surface area contributed by atoms with Crippen molar-refractivity contribution in [1.29, 1.82) is 0 Å². The normalized spacial score (nSPS) is 15.7. The average Bonchev–Trinajstić information content (AvgIpc) is 2.45. The number of hydrogen-bond acceptors (Lipinski definition) is 2. The first-order valence-corrected chi connectivity index (χ1v) is 7.72. The molecule has 0 unspecified atom stereocenters. The molecule has 1 aliphatic rings. The largest absolute Gasteiger partial charge is 0.352 e. The second-order valence-electron chi connectivity index (χ2n) is 5.63. The minimum atomic E-state index is -0.530. The summed E-state index contributed by atoms with van der Waals surface area (Å²) in [4.78, 5) is 12.4. The van der Waals surface area contributed by atoms with Gasteiger partial charge in [0.1, 0.15) is 0 Å². The van der Waals surface area contributed by atoms with E-state index in [1.165, 1.54) is 5.57 Å². The Hall–Kier alpha value is -1.13. The van der Waals surface area contributed by atoms with E-state index in [1.54, 1.807) is 0 Å². The van der Waals surface area contributed by atoms with Gasteiger partial charge in [-0.05, 0) is 44.5 Å². The van der Waals surface area contributed by atoms with Crippen LogP contribution in [0.4, 0.5) is 0 Å². The summed E-state index contributed by atoms with van der Waals surface area (Å²) in [5.41, 5.74) is 1.79. The van der Waals surface area contributed by atoms with Gasteiger partial charge < -0.3 is 10.6 Å². The minimum Gasteiger partial charge on any atom is -0.352 e.